The monoisotopic (exact) mass is 408 g/mol. The van der Waals surface area contributed by atoms with Crippen LogP contribution in [0.2, 0.25) is 0 Å². The zero-order valence-electron chi connectivity index (χ0n) is 16.1. The molecule has 30 heavy (non-hydrogen) atoms. The fourth-order valence-electron chi connectivity index (χ4n) is 4.95. The minimum atomic E-state index is -0.747. The normalized spacial score (nSPS) is 30.6. The first-order chi connectivity index (χ1) is 14.6. The van der Waals surface area contributed by atoms with Crippen molar-refractivity contribution in [1.82, 2.24) is 4.90 Å². The summed E-state index contributed by atoms with van der Waals surface area (Å²) in [5.41, 5.74) is -0.147. The number of benzene rings is 1. The van der Waals surface area contributed by atoms with E-state index in [4.69, 9.17) is 18.6 Å². The maximum Gasteiger partial charge on any atom is 0.231 e. The number of carbonyl (C=O) groups is 2. The van der Waals surface area contributed by atoms with E-state index in [1.54, 1.807) is 35.4 Å². The summed E-state index contributed by atoms with van der Waals surface area (Å²) in [5, 5.41) is 2.93. The minimum absolute atomic E-state index is 0.0828. The molecule has 8 heteroatoms. The van der Waals surface area contributed by atoms with Gasteiger partial charge in [-0.2, -0.15) is 0 Å². The number of fused-ring (bicyclic) bond motifs is 2. The molecule has 154 valence electrons. The van der Waals surface area contributed by atoms with Crippen molar-refractivity contribution in [2.75, 3.05) is 25.1 Å². The molecule has 2 bridgehead atoms. The Morgan fingerprint density at radius 1 is 1.20 bits per heavy atom. The van der Waals surface area contributed by atoms with Crippen molar-refractivity contribution in [2.45, 2.75) is 18.2 Å². The summed E-state index contributed by atoms with van der Waals surface area (Å²) in [7, 11) is 0. The Labute approximate surface area is 172 Å². The van der Waals surface area contributed by atoms with E-state index in [-0.39, 0.29) is 11.8 Å². The third kappa shape index (κ3) is 2.56. The van der Waals surface area contributed by atoms with Gasteiger partial charge < -0.3 is 28.8 Å². The molecule has 8 nitrogen and oxygen atoms in total. The lowest BCUT2D eigenvalue weighted by atomic mass is 9.77. The molecule has 4 atom stereocenters. The van der Waals surface area contributed by atoms with Crippen molar-refractivity contribution < 1.29 is 28.2 Å². The van der Waals surface area contributed by atoms with Crippen molar-refractivity contribution in [3.05, 3.63) is 54.5 Å². The number of nitrogens with one attached hydrogen (secondary N) is 1. The van der Waals surface area contributed by atoms with Crippen molar-refractivity contribution >= 4 is 17.5 Å². The topological polar surface area (TPSA) is 90.2 Å². The summed E-state index contributed by atoms with van der Waals surface area (Å²) in [6.07, 6.45) is 5.02. The molecule has 2 amide bonds. The van der Waals surface area contributed by atoms with Gasteiger partial charge in [0.05, 0.1) is 37.3 Å². The third-order valence-electron chi connectivity index (χ3n) is 6.22. The van der Waals surface area contributed by atoms with Crippen molar-refractivity contribution in [3.63, 3.8) is 0 Å². The van der Waals surface area contributed by atoms with E-state index < -0.39 is 23.5 Å². The zero-order chi connectivity index (χ0) is 20.3. The van der Waals surface area contributed by atoms with E-state index in [9.17, 15) is 9.59 Å². The number of hydrogen-bond acceptors (Lipinski definition) is 6. The quantitative estimate of drug-likeness (QED) is 0.778. The van der Waals surface area contributed by atoms with Crippen molar-refractivity contribution in [2.24, 2.45) is 11.8 Å². The molecule has 2 fully saturated rings. The average Bonchev–Trinajstić information content (AvgIpc) is 3.51. The molecule has 1 spiro atoms. The predicted octanol–water partition coefficient (Wildman–Crippen LogP) is 1.97. The van der Waals surface area contributed by atoms with Gasteiger partial charge in [-0.3, -0.25) is 9.59 Å². The van der Waals surface area contributed by atoms with Gasteiger partial charge in [-0.15, -0.1) is 0 Å². The maximum atomic E-state index is 13.2. The van der Waals surface area contributed by atoms with Crippen LogP contribution in [0.15, 0.2) is 53.2 Å². The second kappa shape index (κ2) is 6.37. The molecule has 1 aromatic heterocycles. The molecule has 2 saturated heterocycles. The van der Waals surface area contributed by atoms with E-state index in [1.165, 1.54) is 0 Å². The zero-order valence-corrected chi connectivity index (χ0v) is 16.1. The van der Waals surface area contributed by atoms with Gasteiger partial charge in [0.1, 0.15) is 24.6 Å². The highest BCUT2D eigenvalue weighted by molar-refractivity contribution is 5.99. The fourth-order valence-corrected chi connectivity index (χ4v) is 4.95. The second-order valence-corrected chi connectivity index (χ2v) is 8.02. The molecule has 6 rings (SSSR count). The Morgan fingerprint density at radius 3 is 2.90 bits per heavy atom. The Morgan fingerprint density at radius 2 is 2.07 bits per heavy atom. The van der Waals surface area contributed by atoms with Crippen LogP contribution in [0, 0.1) is 11.8 Å². The molecule has 4 aliphatic heterocycles. The van der Waals surface area contributed by atoms with E-state index in [1.807, 2.05) is 18.2 Å². The van der Waals surface area contributed by atoms with Gasteiger partial charge in [-0.25, -0.2) is 0 Å². The number of nitrogens with zero attached hydrogens (tertiary/aromatic N) is 1. The van der Waals surface area contributed by atoms with Crippen LogP contribution in [0.4, 0.5) is 5.69 Å². The summed E-state index contributed by atoms with van der Waals surface area (Å²) in [6.45, 7) is 1.76. The van der Waals surface area contributed by atoms with Crippen LogP contribution in [0.3, 0.4) is 0 Å². The standard InChI is InChI=1S/C22H20N2O6/c25-20(23-13-3-4-15-17(10-13)29-9-8-28-15)18-16-5-6-22(30-16)12-24(21(26)19(18)22)11-14-2-1-7-27-14/h1-7,10,16,18-19H,8-9,11-12H2,(H,23,25)/t16-,18+,19+,22-/m1/s1. The molecule has 0 saturated carbocycles. The summed E-state index contributed by atoms with van der Waals surface area (Å²) in [4.78, 5) is 28.1. The Bertz CT molecular complexity index is 1050. The molecular weight excluding hydrogens is 388 g/mol. The molecule has 5 heterocycles. The highest BCUT2D eigenvalue weighted by atomic mass is 16.6. The highest BCUT2D eigenvalue weighted by Crippen LogP contribution is 2.52. The number of likely N-dealkylation sites (tertiary alicyclic amines) is 1. The SMILES string of the molecule is O=C(Nc1ccc2c(c1)OCCO2)[C@@H]1[C@H]2C(=O)N(Cc3ccco3)C[C@]23C=C[C@H]1O3. The summed E-state index contributed by atoms with van der Waals surface area (Å²) < 4.78 is 22.7. The smallest absolute Gasteiger partial charge is 0.231 e. The molecule has 4 aliphatic rings. The van der Waals surface area contributed by atoms with Gasteiger partial charge in [0.2, 0.25) is 11.8 Å². The average molecular weight is 408 g/mol. The lowest BCUT2D eigenvalue weighted by Crippen LogP contribution is -2.41. The summed E-state index contributed by atoms with van der Waals surface area (Å²) in [6, 6.07) is 8.91. The fraction of sp³-hybridized carbons (Fsp3) is 0.364. The van der Waals surface area contributed by atoms with Crippen LogP contribution < -0.4 is 14.8 Å². The summed E-state index contributed by atoms with van der Waals surface area (Å²) >= 11 is 0. The molecular formula is C22H20N2O6. The number of ether oxygens (including phenoxy) is 3. The second-order valence-electron chi connectivity index (χ2n) is 8.02. The van der Waals surface area contributed by atoms with E-state index >= 15 is 0 Å². The largest absolute Gasteiger partial charge is 0.486 e. The number of amides is 2. The Kier molecular flexibility index (Phi) is 3.73. The van der Waals surface area contributed by atoms with Crippen LogP contribution in [0.5, 0.6) is 11.5 Å². The summed E-state index contributed by atoms with van der Waals surface area (Å²) in [5.74, 6) is 0.513. The number of hydrogen-bond donors (Lipinski definition) is 1. The Hall–Kier alpha value is -3.26. The van der Waals surface area contributed by atoms with Gasteiger partial charge in [0.15, 0.2) is 11.5 Å². The van der Waals surface area contributed by atoms with Gasteiger partial charge in [-0.1, -0.05) is 12.2 Å². The molecule has 1 aromatic carbocycles. The van der Waals surface area contributed by atoms with Crippen molar-refractivity contribution in [3.8, 4) is 11.5 Å². The van der Waals surface area contributed by atoms with Gasteiger partial charge in [0.25, 0.3) is 0 Å². The third-order valence-corrected chi connectivity index (χ3v) is 6.22. The number of furan rings is 1. The number of rotatable bonds is 4. The number of carbonyl (C=O) groups excluding carboxylic acids is 2. The number of anilines is 1. The van der Waals surface area contributed by atoms with Crippen LogP contribution in [0.25, 0.3) is 0 Å². The lowest BCUT2D eigenvalue weighted by molar-refractivity contribution is -0.136. The lowest BCUT2D eigenvalue weighted by Gasteiger charge is -2.24. The van der Waals surface area contributed by atoms with E-state index in [0.717, 1.165) is 0 Å². The van der Waals surface area contributed by atoms with Crippen molar-refractivity contribution in [1.29, 1.82) is 0 Å². The first-order valence-corrected chi connectivity index (χ1v) is 10.0. The molecule has 1 N–H and O–H groups in total. The van der Waals surface area contributed by atoms with E-state index in [0.29, 0.717) is 49.2 Å². The van der Waals surface area contributed by atoms with E-state index in [2.05, 4.69) is 5.32 Å². The maximum absolute atomic E-state index is 13.2. The molecule has 0 aliphatic carbocycles. The van der Waals surface area contributed by atoms with Crippen LogP contribution in [-0.2, 0) is 20.9 Å². The van der Waals surface area contributed by atoms with Gasteiger partial charge >= 0.3 is 0 Å². The van der Waals surface area contributed by atoms with Gasteiger partial charge in [-0.05, 0) is 24.3 Å². The van der Waals surface area contributed by atoms with Gasteiger partial charge in [0, 0.05) is 11.8 Å². The Balaban J connectivity index is 1.23. The highest BCUT2D eigenvalue weighted by Gasteiger charge is 2.66. The van der Waals surface area contributed by atoms with Crippen LogP contribution in [0.1, 0.15) is 5.76 Å². The molecule has 0 radical (unpaired) electrons. The first kappa shape index (κ1) is 17.6. The van der Waals surface area contributed by atoms with Crippen LogP contribution >= 0.6 is 0 Å². The molecule has 2 aromatic rings. The molecule has 0 unspecified atom stereocenters. The minimum Gasteiger partial charge on any atom is -0.486 e. The van der Waals surface area contributed by atoms with Crippen LogP contribution in [-0.4, -0.2) is 48.2 Å². The first-order valence-electron chi connectivity index (χ1n) is 10.0. The predicted molar refractivity (Wildman–Crippen MR) is 104 cm³/mol.